The number of nitrogens with one attached hydrogen (secondary N) is 2. The minimum absolute atomic E-state index is 0.306. The zero-order valence-corrected chi connectivity index (χ0v) is 17.9. The molecule has 1 aliphatic rings. The number of hydrogen-bond donors (Lipinski definition) is 2. The quantitative estimate of drug-likeness (QED) is 0.548. The van der Waals surface area contributed by atoms with Crippen LogP contribution < -0.4 is 10.6 Å². The molecule has 27 heavy (non-hydrogen) atoms. The van der Waals surface area contributed by atoms with Gasteiger partial charge < -0.3 is 10.6 Å². The molecular weight excluding hydrogens is 360 g/mol. The third-order valence-electron chi connectivity index (χ3n) is 5.25. The predicted molar refractivity (Wildman–Crippen MR) is 113 cm³/mol. The van der Waals surface area contributed by atoms with Gasteiger partial charge in [-0.1, -0.05) is 30.7 Å². The Balaban J connectivity index is 1.82. The van der Waals surface area contributed by atoms with E-state index in [0.29, 0.717) is 19.0 Å². The Morgan fingerprint density at radius 2 is 1.67 bits per heavy atom. The third kappa shape index (κ3) is 6.81. The van der Waals surface area contributed by atoms with Gasteiger partial charge in [-0.05, 0) is 50.9 Å². The van der Waals surface area contributed by atoms with E-state index >= 15 is 0 Å². The Bertz CT molecular complexity index is 721. The number of guanidine groups is 1. The van der Waals surface area contributed by atoms with E-state index in [2.05, 4.69) is 44.8 Å². The van der Waals surface area contributed by atoms with Crippen LogP contribution >= 0.6 is 0 Å². The van der Waals surface area contributed by atoms with Crippen LogP contribution in [0.2, 0.25) is 0 Å². The van der Waals surface area contributed by atoms with Gasteiger partial charge in [0.1, 0.15) is 0 Å². The largest absolute Gasteiger partial charge is 0.355 e. The SMILES string of the molecule is CN=C(NCc1ccc(CN2CCCCC2)cc1)NCC(C)(C)S(C)(=O)=O. The molecule has 1 fully saturated rings. The van der Waals surface area contributed by atoms with Crippen LogP contribution in [-0.4, -0.2) is 57.0 Å². The van der Waals surface area contributed by atoms with Crippen LogP contribution in [0.4, 0.5) is 0 Å². The molecular formula is C20H34N4O2S. The van der Waals surface area contributed by atoms with Crippen molar-refractivity contribution >= 4 is 15.8 Å². The van der Waals surface area contributed by atoms with Crippen molar-refractivity contribution in [2.45, 2.75) is 50.9 Å². The minimum Gasteiger partial charge on any atom is -0.355 e. The lowest BCUT2D eigenvalue weighted by atomic mass is 10.1. The lowest BCUT2D eigenvalue weighted by Gasteiger charge is -2.26. The van der Waals surface area contributed by atoms with E-state index < -0.39 is 14.6 Å². The van der Waals surface area contributed by atoms with Gasteiger partial charge in [-0.3, -0.25) is 9.89 Å². The maximum absolute atomic E-state index is 11.8. The standard InChI is InChI=1S/C20H34N4O2S/c1-20(2,27(4,25)26)16-23-19(21-3)22-14-17-8-10-18(11-9-17)15-24-12-6-5-7-13-24/h8-11H,5-7,12-16H2,1-4H3,(H2,21,22,23). The van der Waals surface area contributed by atoms with Gasteiger partial charge in [-0.2, -0.15) is 0 Å². The molecule has 2 rings (SSSR count). The lowest BCUT2D eigenvalue weighted by molar-refractivity contribution is 0.221. The second kappa shape index (κ2) is 9.55. The monoisotopic (exact) mass is 394 g/mol. The van der Waals surface area contributed by atoms with Crippen LogP contribution in [0.15, 0.2) is 29.3 Å². The van der Waals surface area contributed by atoms with Crippen molar-refractivity contribution < 1.29 is 8.42 Å². The third-order valence-corrected chi connectivity index (χ3v) is 7.40. The molecule has 2 N–H and O–H groups in total. The molecule has 0 radical (unpaired) electrons. The summed E-state index contributed by atoms with van der Waals surface area (Å²) < 4.78 is 22.8. The van der Waals surface area contributed by atoms with Crippen molar-refractivity contribution in [1.82, 2.24) is 15.5 Å². The molecule has 1 saturated heterocycles. The summed E-state index contributed by atoms with van der Waals surface area (Å²) in [6.07, 6.45) is 5.24. The molecule has 0 aromatic heterocycles. The van der Waals surface area contributed by atoms with Crippen LogP contribution in [-0.2, 0) is 22.9 Å². The van der Waals surface area contributed by atoms with E-state index in [9.17, 15) is 8.42 Å². The fourth-order valence-corrected chi connectivity index (χ4v) is 3.31. The first kappa shape index (κ1) is 21.7. The number of sulfone groups is 1. The minimum atomic E-state index is -3.14. The lowest BCUT2D eigenvalue weighted by Crippen LogP contribution is -2.47. The first-order chi connectivity index (χ1) is 12.7. The van der Waals surface area contributed by atoms with Gasteiger partial charge in [0, 0.05) is 32.9 Å². The summed E-state index contributed by atoms with van der Waals surface area (Å²) in [7, 11) is -1.45. The van der Waals surface area contributed by atoms with Crippen LogP contribution in [0, 0.1) is 0 Å². The Morgan fingerprint density at radius 3 is 2.22 bits per heavy atom. The first-order valence-electron chi connectivity index (χ1n) is 9.65. The Kier molecular flexibility index (Phi) is 7.68. The van der Waals surface area contributed by atoms with Crippen molar-refractivity contribution in [3.63, 3.8) is 0 Å². The normalized spacial score (nSPS) is 17.0. The van der Waals surface area contributed by atoms with E-state index in [-0.39, 0.29) is 0 Å². The molecule has 0 bridgehead atoms. The van der Waals surface area contributed by atoms with Crippen LogP contribution in [0.1, 0.15) is 44.2 Å². The molecule has 1 aromatic rings. The van der Waals surface area contributed by atoms with Crippen molar-refractivity contribution in [2.75, 3.05) is 32.9 Å². The van der Waals surface area contributed by atoms with Crippen LogP contribution in [0.5, 0.6) is 0 Å². The molecule has 7 heteroatoms. The van der Waals surface area contributed by atoms with E-state index in [1.165, 1.54) is 49.7 Å². The molecule has 0 unspecified atom stereocenters. The average Bonchev–Trinajstić information content (AvgIpc) is 2.63. The topological polar surface area (TPSA) is 73.8 Å². The summed E-state index contributed by atoms with van der Waals surface area (Å²) in [5, 5.41) is 6.35. The molecule has 0 saturated carbocycles. The fraction of sp³-hybridized carbons (Fsp3) is 0.650. The number of piperidine rings is 1. The maximum atomic E-state index is 11.8. The van der Waals surface area contributed by atoms with Crippen molar-refractivity contribution in [1.29, 1.82) is 0 Å². The second-order valence-corrected chi connectivity index (χ2v) is 10.6. The molecule has 6 nitrogen and oxygen atoms in total. The van der Waals surface area contributed by atoms with Crippen molar-refractivity contribution in [3.8, 4) is 0 Å². The van der Waals surface area contributed by atoms with E-state index in [1.807, 2.05) is 0 Å². The molecule has 1 aliphatic heterocycles. The highest BCUT2D eigenvalue weighted by molar-refractivity contribution is 7.92. The number of rotatable bonds is 7. The van der Waals surface area contributed by atoms with Gasteiger partial charge in [-0.15, -0.1) is 0 Å². The second-order valence-electron chi connectivity index (χ2n) is 7.96. The summed E-state index contributed by atoms with van der Waals surface area (Å²) >= 11 is 0. The molecule has 0 atom stereocenters. The number of likely N-dealkylation sites (tertiary alicyclic amines) is 1. The zero-order chi connectivity index (χ0) is 19.9. The number of aliphatic imine (C=N–C) groups is 1. The van der Waals surface area contributed by atoms with Crippen LogP contribution in [0.3, 0.4) is 0 Å². The van der Waals surface area contributed by atoms with Gasteiger partial charge in [0.15, 0.2) is 15.8 Å². The molecule has 1 aromatic carbocycles. The Labute approximate surface area is 164 Å². The molecule has 0 amide bonds. The van der Waals surface area contributed by atoms with Crippen molar-refractivity contribution in [2.24, 2.45) is 4.99 Å². The number of benzene rings is 1. The summed E-state index contributed by atoms with van der Waals surface area (Å²) in [4.78, 5) is 6.70. The average molecular weight is 395 g/mol. The van der Waals surface area contributed by atoms with Crippen LogP contribution in [0.25, 0.3) is 0 Å². The van der Waals surface area contributed by atoms with Gasteiger partial charge in [0.2, 0.25) is 0 Å². The van der Waals surface area contributed by atoms with Gasteiger partial charge in [0.05, 0.1) is 4.75 Å². The molecule has 0 aliphatic carbocycles. The molecule has 1 heterocycles. The first-order valence-corrected chi connectivity index (χ1v) is 11.5. The summed E-state index contributed by atoms with van der Waals surface area (Å²) in [6.45, 7) is 7.80. The van der Waals surface area contributed by atoms with Gasteiger partial charge >= 0.3 is 0 Å². The Hall–Kier alpha value is -1.60. The smallest absolute Gasteiger partial charge is 0.191 e. The predicted octanol–water partition coefficient (Wildman–Crippen LogP) is 2.16. The molecule has 0 spiro atoms. The number of nitrogens with zero attached hydrogens (tertiary/aromatic N) is 2. The van der Waals surface area contributed by atoms with Gasteiger partial charge in [-0.25, -0.2) is 8.42 Å². The summed E-state index contributed by atoms with van der Waals surface area (Å²) in [5.74, 6) is 0.601. The highest BCUT2D eigenvalue weighted by Crippen LogP contribution is 2.14. The highest BCUT2D eigenvalue weighted by Gasteiger charge is 2.30. The van der Waals surface area contributed by atoms with E-state index in [1.54, 1.807) is 20.9 Å². The summed E-state index contributed by atoms with van der Waals surface area (Å²) in [6, 6.07) is 8.66. The maximum Gasteiger partial charge on any atom is 0.191 e. The van der Waals surface area contributed by atoms with E-state index in [4.69, 9.17) is 0 Å². The number of hydrogen-bond acceptors (Lipinski definition) is 4. The highest BCUT2D eigenvalue weighted by atomic mass is 32.2. The zero-order valence-electron chi connectivity index (χ0n) is 17.1. The summed E-state index contributed by atoms with van der Waals surface area (Å²) in [5.41, 5.74) is 2.51. The molecule has 152 valence electrons. The fourth-order valence-electron chi connectivity index (χ4n) is 2.97. The Morgan fingerprint density at radius 1 is 1.07 bits per heavy atom. The van der Waals surface area contributed by atoms with Crippen molar-refractivity contribution in [3.05, 3.63) is 35.4 Å². The van der Waals surface area contributed by atoms with E-state index in [0.717, 1.165) is 6.54 Å². The van der Waals surface area contributed by atoms with Gasteiger partial charge in [0.25, 0.3) is 0 Å².